The van der Waals surface area contributed by atoms with Gasteiger partial charge in [0.1, 0.15) is 11.5 Å². The largest absolute Gasteiger partial charge is 0.507 e. The van der Waals surface area contributed by atoms with Crippen molar-refractivity contribution in [1.82, 2.24) is 15.2 Å². The van der Waals surface area contributed by atoms with Crippen LogP contribution >= 0.6 is 0 Å². The van der Waals surface area contributed by atoms with E-state index >= 15 is 0 Å². The first kappa shape index (κ1) is 19.2. The molecule has 0 saturated heterocycles. The van der Waals surface area contributed by atoms with E-state index in [2.05, 4.69) is 15.6 Å². The molecule has 7 nitrogen and oxygen atoms in total. The number of rotatable bonds is 6. The molecule has 1 heterocycles. The zero-order chi connectivity index (χ0) is 20.1. The molecule has 0 aliphatic heterocycles. The lowest BCUT2D eigenvalue weighted by atomic mass is 10.1. The third-order valence-corrected chi connectivity index (χ3v) is 4.23. The van der Waals surface area contributed by atoms with Crippen LogP contribution in [0.4, 0.5) is 0 Å². The molecule has 0 unspecified atom stereocenters. The molecule has 1 amide bonds. The summed E-state index contributed by atoms with van der Waals surface area (Å²) in [6.07, 6.45) is 1.37. The van der Waals surface area contributed by atoms with Crippen molar-refractivity contribution in [3.8, 4) is 11.5 Å². The number of carbonyl (C=O) groups excluding carboxylic acids is 1. The van der Waals surface area contributed by atoms with Crippen molar-refractivity contribution in [2.75, 3.05) is 7.11 Å². The Morgan fingerprint density at radius 2 is 2.07 bits per heavy atom. The molecule has 0 saturated carbocycles. The van der Waals surface area contributed by atoms with Crippen LogP contribution < -0.4 is 10.2 Å². The third-order valence-electron chi connectivity index (χ3n) is 4.23. The molecular weight excluding hydrogens is 356 g/mol. The van der Waals surface area contributed by atoms with Crippen molar-refractivity contribution in [2.24, 2.45) is 5.10 Å². The second-order valence-corrected chi connectivity index (χ2v) is 6.41. The molecular formula is C21H22N4O3. The maximum Gasteiger partial charge on any atom is 0.271 e. The highest BCUT2D eigenvalue weighted by Crippen LogP contribution is 2.21. The van der Waals surface area contributed by atoms with E-state index in [1.54, 1.807) is 18.2 Å². The molecule has 2 aromatic carbocycles. The van der Waals surface area contributed by atoms with E-state index in [-0.39, 0.29) is 11.7 Å². The summed E-state index contributed by atoms with van der Waals surface area (Å²) >= 11 is 0. The number of phenols is 1. The molecule has 0 atom stereocenters. The van der Waals surface area contributed by atoms with Crippen LogP contribution in [0.3, 0.4) is 0 Å². The summed E-state index contributed by atoms with van der Waals surface area (Å²) in [5, 5.41) is 18.2. The number of aromatic hydroxyl groups is 1. The van der Waals surface area contributed by atoms with Crippen LogP contribution in [-0.4, -0.2) is 34.1 Å². The van der Waals surface area contributed by atoms with Gasteiger partial charge in [0.15, 0.2) is 0 Å². The molecule has 3 rings (SSSR count). The van der Waals surface area contributed by atoms with Crippen molar-refractivity contribution < 1.29 is 14.6 Å². The molecule has 2 N–H and O–H groups in total. The fraction of sp³-hybridized carbons (Fsp3) is 0.190. The van der Waals surface area contributed by atoms with Crippen molar-refractivity contribution >= 4 is 12.1 Å². The van der Waals surface area contributed by atoms with E-state index in [4.69, 9.17) is 4.74 Å². The number of hydrazone groups is 1. The Balaban J connectivity index is 1.69. The highest BCUT2D eigenvalue weighted by molar-refractivity contribution is 5.95. The second kappa shape index (κ2) is 8.39. The molecule has 0 spiro atoms. The van der Waals surface area contributed by atoms with Gasteiger partial charge in [-0.1, -0.05) is 12.1 Å². The maximum absolute atomic E-state index is 12.4. The fourth-order valence-electron chi connectivity index (χ4n) is 2.81. The predicted octanol–water partition coefficient (Wildman–Crippen LogP) is 3.03. The van der Waals surface area contributed by atoms with Crippen LogP contribution in [-0.2, 0) is 6.54 Å². The van der Waals surface area contributed by atoms with Gasteiger partial charge in [-0.2, -0.15) is 10.2 Å². The monoisotopic (exact) mass is 378 g/mol. The first-order chi connectivity index (χ1) is 13.5. The molecule has 0 aliphatic carbocycles. The number of nitrogens with zero attached hydrogens (tertiary/aromatic N) is 3. The molecule has 7 heteroatoms. The first-order valence-electron chi connectivity index (χ1n) is 8.76. The van der Waals surface area contributed by atoms with Gasteiger partial charge >= 0.3 is 0 Å². The molecule has 1 aromatic heterocycles. The van der Waals surface area contributed by atoms with E-state index in [1.165, 1.54) is 19.4 Å². The summed E-state index contributed by atoms with van der Waals surface area (Å²) in [7, 11) is 1.54. The SMILES string of the molecule is COc1ccc(O)c(/C=N/NC(=O)c2cccc(Cn3nc(C)cc3C)c2)c1. The van der Waals surface area contributed by atoms with Crippen LogP contribution in [0, 0.1) is 13.8 Å². The summed E-state index contributed by atoms with van der Waals surface area (Å²) < 4.78 is 7.01. The number of amides is 1. The topological polar surface area (TPSA) is 88.7 Å². The average Bonchev–Trinajstić information content (AvgIpc) is 3.00. The molecule has 144 valence electrons. The van der Waals surface area contributed by atoms with Crippen LogP contribution in [0.1, 0.15) is 32.9 Å². The summed E-state index contributed by atoms with van der Waals surface area (Å²) in [6.45, 7) is 4.53. The minimum atomic E-state index is -0.339. The Labute approximate surface area is 163 Å². The van der Waals surface area contributed by atoms with Crippen LogP contribution in [0.25, 0.3) is 0 Å². The van der Waals surface area contributed by atoms with Gasteiger partial charge in [-0.05, 0) is 55.8 Å². The lowest BCUT2D eigenvalue weighted by Gasteiger charge is -2.07. The van der Waals surface area contributed by atoms with E-state index < -0.39 is 0 Å². The highest BCUT2D eigenvalue weighted by atomic mass is 16.5. The summed E-state index contributed by atoms with van der Waals surface area (Å²) in [6, 6.07) is 14.1. The second-order valence-electron chi connectivity index (χ2n) is 6.41. The minimum Gasteiger partial charge on any atom is -0.507 e. The zero-order valence-corrected chi connectivity index (χ0v) is 16.0. The number of phenolic OH excluding ortho intramolecular Hbond substituents is 1. The minimum absolute atomic E-state index is 0.0469. The zero-order valence-electron chi connectivity index (χ0n) is 16.0. The van der Waals surface area contributed by atoms with Gasteiger partial charge < -0.3 is 9.84 Å². The van der Waals surface area contributed by atoms with Gasteiger partial charge in [0.25, 0.3) is 5.91 Å². The number of hydrogen-bond donors (Lipinski definition) is 2. The van der Waals surface area contributed by atoms with E-state index in [1.807, 2.05) is 42.8 Å². The number of methoxy groups -OCH3 is 1. The lowest BCUT2D eigenvalue weighted by molar-refractivity contribution is 0.0955. The number of nitrogens with one attached hydrogen (secondary N) is 1. The molecule has 0 bridgehead atoms. The summed E-state index contributed by atoms with van der Waals surface area (Å²) in [4.78, 5) is 12.4. The maximum atomic E-state index is 12.4. The fourth-order valence-corrected chi connectivity index (χ4v) is 2.81. The predicted molar refractivity (Wildman–Crippen MR) is 107 cm³/mol. The van der Waals surface area contributed by atoms with E-state index in [0.29, 0.717) is 23.4 Å². The quantitative estimate of drug-likeness (QED) is 0.510. The number of aryl methyl sites for hydroxylation is 2. The van der Waals surface area contributed by atoms with Gasteiger partial charge in [0.05, 0.1) is 25.6 Å². The Morgan fingerprint density at radius 3 is 2.79 bits per heavy atom. The van der Waals surface area contributed by atoms with Gasteiger partial charge in [-0.15, -0.1) is 0 Å². The van der Waals surface area contributed by atoms with Gasteiger partial charge in [-0.25, -0.2) is 5.43 Å². The standard InChI is InChI=1S/C21H22N4O3/c1-14-9-15(2)25(24-14)13-16-5-4-6-17(10-16)21(27)23-22-12-18-11-19(28-3)7-8-20(18)26/h4-12,26H,13H2,1-3H3,(H,23,27)/b22-12+. The van der Waals surface area contributed by atoms with Crippen molar-refractivity contribution in [1.29, 1.82) is 0 Å². The van der Waals surface area contributed by atoms with Crippen molar-refractivity contribution in [2.45, 2.75) is 20.4 Å². The lowest BCUT2D eigenvalue weighted by Crippen LogP contribution is -2.18. The molecule has 0 fully saturated rings. The number of benzene rings is 2. The molecule has 28 heavy (non-hydrogen) atoms. The molecule has 3 aromatic rings. The highest BCUT2D eigenvalue weighted by Gasteiger charge is 2.08. The van der Waals surface area contributed by atoms with Crippen LogP contribution in [0.2, 0.25) is 0 Å². The van der Waals surface area contributed by atoms with Crippen molar-refractivity contribution in [3.05, 3.63) is 76.6 Å². The molecule has 0 radical (unpaired) electrons. The van der Waals surface area contributed by atoms with Crippen LogP contribution in [0.5, 0.6) is 11.5 Å². The number of ether oxygens (including phenoxy) is 1. The van der Waals surface area contributed by atoms with Gasteiger partial charge in [0, 0.05) is 16.8 Å². The normalized spacial score (nSPS) is 11.0. The number of hydrogen-bond acceptors (Lipinski definition) is 5. The number of carbonyl (C=O) groups is 1. The Bertz CT molecular complexity index is 1020. The Kier molecular flexibility index (Phi) is 5.74. The summed E-state index contributed by atoms with van der Waals surface area (Å²) in [5.74, 6) is 0.293. The average molecular weight is 378 g/mol. The van der Waals surface area contributed by atoms with Crippen molar-refractivity contribution in [3.63, 3.8) is 0 Å². The Morgan fingerprint density at radius 1 is 1.25 bits per heavy atom. The summed E-state index contributed by atoms with van der Waals surface area (Å²) in [5.41, 5.74) is 6.40. The first-order valence-corrected chi connectivity index (χ1v) is 8.76. The van der Waals surface area contributed by atoms with E-state index in [0.717, 1.165) is 17.0 Å². The number of aromatic nitrogens is 2. The van der Waals surface area contributed by atoms with Gasteiger partial charge in [0.2, 0.25) is 0 Å². The van der Waals surface area contributed by atoms with E-state index in [9.17, 15) is 9.90 Å². The smallest absolute Gasteiger partial charge is 0.271 e. The Hall–Kier alpha value is -3.61. The third kappa shape index (κ3) is 4.56. The van der Waals surface area contributed by atoms with Crippen LogP contribution in [0.15, 0.2) is 53.6 Å². The molecule has 0 aliphatic rings. The van der Waals surface area contributed by atoms with Gasteiger partial charge in [-0.3, -0.25) is 9.48 Å².